The second kappa shape index (κ2) is 5.75. The van der Waals surface area contributed by atoms with Crippen molar-refractivity contribution >= 4 is 17.4 Å². The van der Waals surface area contributed by atoms with E-state index in [1.807, 2.05) is 0 Å². The van der Waals surface area contributed by atoms with Crippen LogP contribution in [-0.2, 0) is 0 Å². The maximum Gasteiger partial charge on any atom is 0.124 e. The molecule has 0 bridgehead atoms. The number of benzene rings is 1. The van der Waals surface area contributed by atoms with E-state index in [0.717, 1.165) is 12.2 Å². The van der Waals surface area contributed by atoms with Gasteiger partial charge in [0.25, 0.3) is 0 Å². The summed E-state index contributed by atoms with van der Waals surface area (Å²) >= 11 is 5.97. The highest BCUT2D eigenvalue weighted by molar-refractivity contribution is 6.34. The molecular weight excluding hydrogens is 224 g/mol. The predicted octanol–water partition coefficient (Wildman–Crippen LogP) is 3.05. The second-order valence-corrected chi connectivity index (χ2v) is 4.29. The van der Waals surface area contributed by atoms with Crippen LogP contribution in [0.4, 0.5) is 0 Å². The first-order chi connectivity index (χ1) is 7.54. The van der Waals surface area contributed by atoms with Crippen LogP contribution in [0.3, 0.4) is 0 Å². The average molecular weight is 241 g/mol. The van der Waals surface area contributed by atoms with Crippen molar-refractivity contribution in [2.24, 2.45) is 11.7 Å². The molecule has 1 rings (SSSR count). The first kappa shape index (κ1) is 12.8. The van der Waals surface area contributed by atoms with E-state index >= 15 is 0 Å². The van der Waals surface area contributed by atoms with Gasteiger partial charge in [0.05, 0.1) is 11.6 Å². The fraction of sp³-hybridized carbons (Fsp3) is 0.417. The third kappa shape index (κ3) is 3.42. The lowest BCUT2D eigenvalue weighted by atomic mass is 10.1. The quantitative estimate of drug-likeness (QED) is 0.614. The van der Waals surface area contributed by atoms with Crippen molar-refractivity contribution < 1.29 is 4.74 Å². The Bertz CT molecular complexity index is 379. The number of amidine groups is 1. The standard InChI is InChI=1S/C12H17ClN2O/c1-3-8(2)7-16-9-4-5-10(12(14)15)11(13)6-9/h4-6,8H,3,7H2,1-2H3,(H3,14,15). The van der Waals surface area contributed by atoms with E-state index in [1.165, 1.54) is 0 Å². The Morgan fingerprint density at radius 2 is 2.25 bits per heavy atom. The molecule has 0 spiro atoms. The Balaban J connectivity index is 2.70. The Morgan fingerprint density at radius 1 is 1.56 bits per heavy atom. The molecule has 1 aromatic rings. The number of nitrogens with one attached hydrogen (secondary N) is 1. The lowest BCUT2D eigenvalue weighted by Gasteiger charge is -2.12. The molecule has 3 N–H and O–H groups in total. The van der Waals surface area contributed by atoms with Gasteiger partial charge >= 0.3 is 0 Å². The summed E-state index contributed by atoms with van der Waals surface area (Å²) in [5.41, 5.74) is 5.91. The number of rotatable bonds is 5. The van der Waals surface area contributed by atoms with Crippen LogP contribution in [0, 0.1) is 11.3 Å². The van der Waals surface area contributed by atoms with Gasteiger partial charge in [-0.25, -0.2) is 0 Å². The zero-order valence-corrected chi connectivity index (χ0v) is 10.3. The minimum Gasteiger partial charge on any atom is -0.493 e. The van der Waals surface area contributed by atoms with Crippen molar-refractivity contribution in [2.75, 3.05) is 6.61 Å². The number of hydrogen-bond donors (Lipinski definition) is 2. The van der Waals surface area contributed by atoms with Crippen molar-refractivity contribution in [3.63, 3.8) is 0 Å². The zero-order chi connectivity index (χ0) is 12.1. The van der Waals surface area contributed by atoms with Crippen molar-refractivity contribution in [1.29, 1.82) is 5.41 Å². The van der Waals surface area contributed by atoms with Crippen molar-refractivity contribution in [3.8, 4) is 5.75 Å². The summed E-state index contributed by atoms with van der Waals surface area (Å²) < 4.78 is 5.58. The molecule has 0 heterocycles. The number of ether oxygens (including phenoxy) is 1. The lowest BCUT2D eigenvalue weighted by Crippen LogP contribution is -2.12. The van der Waals surface area contributed by atoms with Gasteiger partial charge in [-0.2, -0.15) is 0 Å². The molecule has 0 aliphatic heterocycles. The second-order valence-electron chi connectivity index (χ2n) is 3.88. The molecule has 3 nitrogen and oxygen atoms in total. The molecule has 88 valence electrons. The Labute approximate surface area is 101 Å². The van der Waals surface area contributed by atoms with Gasteiger partial charge < -0.3 is 10.5 Å². The fourth-order valence-corrected chi connectivity index (χ4v) is 1.43. The summed E-state index contributed by atoms with van der Waals surface area (Å²) in [6, 6.07) is 5.18. The van der Waals surface area contributed by atoms with Crippen LogP contribution in [-0.4, -0.2) is 12.4 Å². The van der Waals surface area contributed by atoms with E-state index in [4.69, 9.17) is 27.5 Å². The third-order valence-electron chi connectivity index (χ3n) is 2.46. The first-order valence-electron chi connectivity index (χ1n) is 5.31. The van der Waals surface area contributed by atoms with E-state index in [-0.39, 0.29) is 5.84 Å². The summed E-state index contributed by atoms with van der Waals surface area (Å²) in [7, 11) is 0. The molecule has 1 aromatic carbocycles. The van der Waals surface area contributed by atoms with E-state index in [0.29, 0.717) is 23.1 Å². The van der Waals surface area contributed by atoms with E-state index in [2.05, 4.69) is 13.8 Å². The van der Waals surface area contributed by atoms with Crippen LogP contribution in [0.5, 0.6) is 5.75 Å². The van der Waals surface area contributed by atoms with Crippen LogP contribution in [0.15, 0.2) is 18.2 Å². The van der Waals surface area contributed by atoms with Crippen LogP contribution in [0.25, 0.3) is 0 Å². The Hall–Kier alpha value is -1.22. The largest absolute Gasteiger partial charge is 0.493 e. The maximum absolute atomic E-state index is 7.30. The molecule has 0 saturated heterocycles. The highest BCUT2D eigenvalue weighted by Crippen LogP contribution is 2.22. The smallest absolute Gasteiger partial charge is 0.124 e. The monoisotopic (exact) mass is 240 g/mol. The van der Waals surface area contributed by atoms with Gasteiger partial charge in [-0.05, 0) is 24.1 Å². The molecule has 16 heavy (non-hydrogen) atoms. The highest BCUT2D eigenvalue weighted by atomic mass is 35.5. The number of nitrogen functional groups attached to an aromatic ring is 1. The minimum atomic E-state index is -0.0292. The Kier molecular flexibility index (Phi) is 4.62. The van der Waals surface area contributed by atoms with Gasteiger partial charge in [0.2, 0.25) is 0 Å². The summed E-state index contributed by atoms with van der Waals surface area (Å²) in [5.74, 6) is 1.21. The molecule has 0 saturated carbocycles. The van der Waals surface area contributed by atoms with Crippen LogP contribution < -0.4 is 10.5 Å². The summed E-state index contributed by atoms with van der Waals surface area (Å²) in [6.45, 7) is 4.93. The molecule has 0 amide bonds. The van der Waals surface area contributed by atoms with E-state index in [9.17, 15) is 0 Å². The summed E-state index contributed by atoms with van der Waals surface area (Å²) in [4.78, 5) is 0. The number of halogens is 1. The van der Waals surface area contributed by atoms with Crippen LogP contribution in [0.1, 0.15) is 25.8 Å². The predicted molar refractivity (Wildman–Crippen MR) is 67.4 cm³/mol. The normalized spacial score (nSPS) is 12.2. The van der Waals surface area contributed by atoms with E-state index in [1.54, 1.807) is 18.2 Å². The molecule has 0 fully saturated rings. The number of nitrogens with two attached hydrogens (primary N) is 1. The van der Waals surface area contributed by atoms with Gasteiger partial charge in [0.15, 0.2) is 0 Å². The molecular formula is C12H17ClN2O. The van der Waals surface area contributed by atoms with Gasteiger partial charge in [0, 0.05) is 5.56 Å². The van der Waals surface area contributed by atoms with E-state index < -0.39 is 0 Å². The third-order valence-corrected chi connectivity index (χ3v) is 2.77. The molecule has 0 radical (unpaired) electrons. The van der Waals surface area contributed by atoms with Gasteiger partial charge in [0.1, 0.15) is 11.6 Å². The van der Waals surface area contributed by atoms with Crippen LogP contribution >= 0.6 is 11.6 Å². The molecule has 0 aliphatic carbocycles. The molecule has 0 aliphatic rings. The van der Waals surface area contributed by atoms with Gasteiger partial charge in [-0.3, -0.25) is 5.41 Å². The SMILES string of the molecule is CCC(C)COc1ccc(C(=N)N)c(Cl)c1. The zero-order valence-electron chi connectivity index (χ0n) is 9.59. The lowest BCUT2D eigenvalue weighted by molar-refractivity contribution is 0.256. The van der Waals surface area contributed by atoms with Crippen molar-refractivity contribution in [2.45, 2.75) is 20.3 Å². The average Bonchev–Trinajstić information content (AvgIpc) is 2.25. The Morgan fingerprint density at radius 3 is 2.75 bits per heavy atom. The van der Waals surface area contributed by atoms with Crippen molar-refractivity contribution in [3.05, 3.63) is 28.8 Å². The molecule has 4 heteroatoms. The first-order valence-corrected chi connectivity index (χ1v) is 5.69. The minimum absolute atomic E-state index is 0.0292. The van der Waals surface area contributed by atoms with Crippen molar-refractivity contribution in [1.82, 2.24) is 0 Å². The topological polar surface area (TPSA) is 59.1 Å². The number of hydrogen-bond acceptors (Lipinski definition) is 2. The molecule has 1 atom stereocenters. The fourth-order valence-electron chi connectivity index (χ4n) is 1.16. The van der Waals surface area contributed by atoms with Gasteiger partial charge in [-0.1, -0.05) is 31.9 Å². The molecule has 0 aromatic heterocycles. The van der Waals surface area contributed by atoms with Crippen LogP contribution in [0.2, 0.25) is 5.02 Å². The highest BCUT2D eigenvalue weighted by Gasteiger charge is 2.06. The summed E-state index contributed by atoms with van der Waals surface area (Å²) in [5, 5.41) is 7.75. The summed E-state index contributed by atoms with van der Waals surface area (Å²) in [6.07, 6.45) is 1.08. The molecule has 1 unspecified atom stereocenters. The van der Waals surface area contributed by atoms with Gasteiger partial charge in [-0.15, -0.1) is 0 Å². The maximum atomic E-state index is 7.30.